The maximum atomic E-state index is 12.8. The molecule has 6 heteroatoms. The lowest BCUT2D eigenvalue weighted by Gasteiger charge is -2.31. The van der Waals surface area contributed by atoms with Crippen LogP contribution in [0.25, 0.3) is 0 Å². The first-order chi connectivity index (χ1) is 9.97. The van der Waals surface area contributed by atoms with Crippen LogP contribution in [0.4, 0.5) is 0 Å². The van der Waals surface area contributed by atoms with Crippen molar-refractivity contribution in [2.45, 2.75) is 13.0 Å². The molecule has 0 bridgehead atoms. The average molecular weight is 331 g/mol. The lowest BCUT2D eigenvalue weighted by molar-refractivity contribution is -0.143. The van der Waals surface area contributed by atoms with Gasteiger partial charge in [-0.25, -0.2) is 0 Å². The highest BCUT2D eigenvalue weighted by Gasteiger charge is 2.42. The van der Waals surface area contributed by atoms with Gasteiger partial charge in [0.05, 0.1) is 12.0 Å². The van der Waals surface area contributed by atoms with Gasteiger partial charge in [-0.2, -0.15) is 0 Å². The normalized spacial score (nSPS) is 21.5. The van der Waals surface area contributed by atoms with Crippen molar-refractivity contribution >= 4 is 29.1 Å². The van der Waals surface area contributed by atoms with Crippen molar-refractivity contribution < 1.29 is 9.53 Å². The number of rotatable bonds is 5. The number of carbonyl (C=O) groups excluding carboxylic acids is 1. The van der Waals surface area contributed by atoms with E-state index in [0.717, 1.165) is 18.5 Å². The van der Waals surface area contributed by atoms with Crippen molar-refractivity contribution in [2.75, 3.05) is 33.9 Å². The molecule has 0 aliphatic carbocycles. The predicted molar refractivity (Wildman–Crippen MR) is 84.7 cm³/mol. The molecule has 4 nitrogen and oxygen atoms in total. The number of carbonyl (C=O) groups is 1. The van der Waals surface area contributed by atoms with E-state index in [1.165, 1.54) is 0 Å². The van der Waals surface area contributed by atoms with Gasteiger partial charge in [0.25, 0.3) is 0 Å². The van der Waals surface area contributed by atoms with E-state index in [9.17, 15) is 4.79 Å². The molecular formula is C15H20Cl2N2O2. The number of halogens is 2. The summed E-state index contributed by atoms with van der Waals surface area (Å²) in [6, 6.07) is 5.34. The Kier molecular flexibility index (Phi) is 5.49. The number of methoxy groups -OCH3 is 1. The summed E-state index contributed by atoms with van der Waals surface area (Å²) in [5.41, 5.74) is 0.452. The lowest BCUT2D eigenvalue weighted by Crippen LogP contribution is -2.46. The highest BCUT2D eigenvalue weighted by atomic mass is 35.5. The van der Waals surface area contributed by atoms with E-state index >= 15 is 0 Å². The molecule has 1 aromatic rings. The molecule has 0 aromatic heterocycles. The van der Waals surface area contributed by atoms with Crippen LogP contribution in [0.2, 0.25) is 10.0 Å². The molecule has 2 rings (SSSR count). The molecule has 0 saturated carbocycles. The minimum absolute atomic E-state index is 0.0884. The Bertz CT molecular complexity index is 496. The van der Waals surface area contributed by atoms with E-state index in [1.807, 2.05) is 12.1 Å². The third-order valence-corrected chi connectivity index (χ3v) is 4.24. The first kappa shape index (κ1) is 16.6. The topological polar surface area (TPSA) is 41.6 Å². The first-order valence-electron chi connectivity index (χ1n) is 6.87. The second-order valence-electron chi connectivity index (χ2n) is 5.58. The molecule has 0 radical (unpaired) electrons. The molecule has 1 unspecified atom stereocenters. The average Bonchev–Trinajstić information content (AvgIpc) is 2.86. The molecule has 0 spiro atoms. The Labute approximate surface area is 135 Å². The van der Waals surface area contributed by atoms with E-state index in [4.69, 9.17) is 27.9 Å². The molecule has 1 N–H and O–H groups in total. The lowest BCUT2D eigenvalue weighted by atomic mass is 9.86. The third kappa shape index (κ3) is 3.89. The van der Waals surface area contributed by atoms with Crippen LogP contribution < -0.4 is 5.32 Å². The molecular weight excluding hydrogens is 311 g/mol. The number of benzene rings is 1. The quantitative estimate of drug-likeness (QED) is 0.902. The van der Waals surface area contributed by atoms with Crippen molar-refractivity contribution in [1.29, 1.82) is 0 Å². The van der Waals surface area contributed by atoms with E-state index in [0.29, 0.717) is 29.7 Å². The van der Waals surface area contributed by atoms with Crippen molar-refractivity contribution in [1.82, 2.24) is 10.2 Å². The van der Waals surface area contributed by atoms with Crippen molar-refractivity contribution in [3.63, 3.8) is 0 Å². The molecule has 1 aromatic carbocycles. The largest absolute Gasteiger partial charge is 0.384 e. The van der Waals surface area contributed by atoms with Gasteiger partial charge in [-0.15, -0.1) is 0 Å². The summed E-state index contributed by atoms with van der Waals surface area (Å²) in [4.78, 5) is 14.5. The summed E-state index contributed by atoms with van der Waals surface area (Å²) in [5, 5.41) is 4.40. The van der Waals surface area contributed by atoms with E-state index < -0.39 is 5.41 Å². The van der Waals surface area contributed by atoms with Gasteiger partial charge in [0.15, 0.2) is 0 Å². The van der Waals surface area contributed by atoms with Gasteiger partial charge >= 0.3 is 0 Å². The Morgan fingerprint density at radius 2 is 2.05 bits per heavy atom. The minimum atomic E-state index is -0.466. The maximum absolute atomic E-state index is 12.8. The molecule has 1 atom stereocenters. The molecule has 116 valence electrons. The fraction of sp³-hybridized carbons (Fsp3) is 0.533. The van der Waals surface area contributed by atoms with E-state index in [2.05, 4.69) is 5.32 Å². The van der Waals surface area contributed by atoms with Crippen LogP contribution in [0.15, 0.2) is 18.2 Å². The van der Waals surface area contributed by atoms with Crippen LogP contribution in [0.3, 0.4) is 0 Å². The zero-order chi connectivity index (χ0) is 15.5. The second kappa shape index (κ2) is 6.97. The van der Waals surface area contributed by atoms with Gasteiger partial charge in [0.2, 0.25) is 5.91 Å². The Balaban J connectivity index is 2.11. The highest BCUT2D eigenvalue weighted by molar-refractivity contribution is 6.34. The molecule has 1 saturated heterocycles. The number of hydrogen-bond donors (Lipinski definition) is 1. The predicted octanol–water partition coefficient (Wildman–Crippen LogP) is 2.58. The standard InChI is InChI=1S/C15H20Cl2N2O2/c1-19(8-11-5-12(16)7-13(17)6-11)14(20)15(10-21-2)3-4-18-9-15/h5-7,18H,3-4,8-10H2,1-2H3. The molecule has 1 aliphatic rings. The van der Waals surface area contributed by atoms with Gasteiger partial charge in [-0.3, -0.25) is 4.79 Å². The van der Waals surface area contributed by atoms with Crippen LogP contribution in [-0.2, 0) is 16.1 Å². The van der Waals surface area contributed by atoms with Crippen molar-refractivity contribution in [3.8, 4) is 0 Å². The summed E-state index contributed by atoms with van der Waals surface area (Å²) in [5.74, 6) is 0.0884. The number of nitrogens with one attached hydrogen (secondary N) is 1. The number of nitrogens with zero attached hydrogens (tertiary/aromatic N) is 1. The van der Waals surface area contributed by atoms with Crippen LogP contribution in [0.1, 0.15) is 12.0 Å². The van der Waals surface area contributed by atoms with Crippen molar-refractivity contribution in [3.05, 3.63) is 33.8 Å². The zero-order valence-electron chi connectivity index (χ0n) is 12.3. The monoisotopic (exact) mass is 330 g/mol. The molecule has 1 amide bonds. The Hall–Kier alpha value is -0.810. The number of amides is 1. The summed E-state index contributed by atoms with van der Waals surface area (Å²) in [7, 11) is 3.43. The number of ether oxygens (including phenoxy) is 1. The van der Waals surface area contributed by atoms with Crippen LogP contribution in [0.5, 0.6) is 0 Å². The summed E-state index contributed by atoms with van der Waals surface area (Å²) >= 11 is 12.0. The van der Waals surface area contributed by atoms with Crippen LogP contribution in [-0.4, -0.2) is 44.7 Å². The Morgan fingerprint density at radius 1 is 1.38 bits per heavy atom. The van der Waals surface area contributed by atoms with Crippen molar-refractivity contribution in [2.24, 2.45) is 5.41 Å². The summed E-state index contributed by atoms with van der Waals surface area (Å²) in [6.07, 6.45) is 0.792. The molecule has 21 heavy (non-hydrogen) atoms. The molecule has 1 heterocycles. The molecule has 1 fully saturated rings. The summed E-state index contributed by atoms with van der Waals surface area (Å²) in [6.45, 7) is 2.40. The number of hydrogen-bond acceptors (Lipinski definition) is 3. The third-order valence-electron chi connectivity index (χ3n) is 3.81. The minimum Gasteiger partial charge on any atom is -0.384 e. The van der Waals surface area contributed by atoms with Crippen LogP contribution in [0, 0.1) is 5.41 Å². The Morgan fingerprint density at radius 3 is 2.57 bits per heavy atom. The van der Waals surface area contributed by atoms with E-state index in [1.54, 1.807) is 25.1 Å². The van der Waals surface area contributed by atoms with Gasteiger partial charge < -0.3 is 15.0 Å². The molecule has 1 aliphatic heterocycles. The summed E-state index contributed by atoms with van der Waals surface area (Å²) < 4.78 is 5.26. The second-order valence-corrected chi connectivity index (χ2v) is 6.45. The maximum Gasteiger partial charge on any atom is 0.232 e. The van der Waals surface area contributed by atoms with Gasteiger partial charge in [0, 0.05) is 37.3 Å². The van der Waals surface area contributed by atoms with Crippen LogP contribution >= 0.6 is 23.2 Å². The fourth-order valence-corrected chi connectivity index (χ4v) is 3.41. The van der Waals surface area contributed by atoms with Gasteiger partial charge in [-0.05, 0) is 36.7 Å². The van der Waals surface area contributed by atoms with E-state index in [-0.39, 0.29) is 5.91 Å². The van der Waals surface area contributed by atoms with Gasteiger partial charge in [-0.1, -0.05) is 23.2 Å². The zero-order valence-corrected chi connectivity index (χ0v) is 13.8. The fourth-order valence-electron chi connectivity index (χ4n) is 2.84. The smallest absolute Gasteiger partial charge is 0.232 e. The SMILES string of the molecule is COCC1(C(=O)N(C)Cc2cc(Cl)cc(Cl)c2)CCNC1. The van der Waals surface area contributed by atoms with Gasteiger partial charge in [0.1, 0.15) is 0 Å². The first-order valence-corrected chi connectivity index (χ1v) is 7.63. The highest BCUT2D eigenvalue weighted by Crippen LogP contribution is 2.29.